The van der Waals surface area contributed by atoms with Crippen LogP contribution in [0.3, 0.4) is 0 Å². The molecule has 39 heavy (non-hydrogen) atoms. The average Bonchev–Trinajstić information content (AvgIpc) is 2.87. The summed E-state index contributed by atoms with van der Waals surface area (Å²) in [4.78, 5) is 12.9. The summed E-state index contributed by atoms with van der Waals surface area (Å²) in [7, 11) is 0. The molecule has 0 saturated carbocycles. The molecule has 1 aliphatic heterocycles. The molecule has 1 aliphatic rings. The van der Waals surface area contributed by atoms with Crippen LogP contribution in [0.2, 0.25) is 0 Å². The number of aromatic nitrogens is 1. The number of rotatable bonds is 3. The molecule has 4 rings (SSSR count). The first-order chi connectivity index (χ1) is 18.3. The molecule has 0 amide bonds. The summed E-state index contributed by atoms with van der Waals surface area (Å²) >= 11 is 1.69. The third kappa shape index (κ3) is 8.08. The Hall–Kier alpha value is -3.34. The Kier molecular flexibility index (Phi) is 12.7. The second-order valence-electron chi connectivity index (χ2n) is 10.1. The van der Waals surface area contributed by atoms with Crippen molar-refractivity contribution >= 4 is 24.1 Å². The highest BCUT2D eigenvalue weighted by atomic mass is 32.2. The first-order valence-electron chi connectivity index (χ1n) is 12.7. The number of aliphatic hydroxyl groups is 1. The molecule has 0 saturated heterocycles. The monoisotopic (exact) mass is 552 g/mol. The highest BCUT2D eigenvalue weighted by molar-refractivity contribution is 8.00. The minimum atomic E-state index is -0.500. The number of hydrogen-bond acceptors (Lipinski definition) is 5. The number of nitrogens with zero attached hydrogens (tertiary/aromatic N) is 2. The van der Waals surface area contributed by atoms with Gasteiger partial charge < -0.3 is 14.5 Å². The highest BCUT2D eigenvalue weighted by Gasteiger charge is 2.34. The number of fused-ring (bicyclic) bond motifs is 3. The van der Waals surface area contributed by atoms with Gasteiger partial charge in [-0.15, -0.1) is 12.8 Å². The van der Waals surface area contributed by atoms with E-state index in [1.165, 1.54) is 45.3 Å². The zero-order valence-electron chi connectivity index (χ0n) is 24.5. The van der Waals surface area contributed by atoms with Crippen LogP contribution in [-0.4, -0.2) is 33.5 Å². The van der Waals surface area contributed by atoms with Crippen LogP contribution < -0.4 is 4.31 Å². The maximum atomic E-state index is 14.1. The summed E-state index contributed by atoms with van der Waals surface area (Å²) in [6.45, 7) is 15.9. The van der Waals surface area contributed by atoms with E-state index in [1.807, 2.05) is 0 Å². The van der Waals surface area contributed by atoms with Gasteiger partial charge >= 0.3 is 0 Å². The van der Waals surface area contributed by atoms with E-state index in [-0.39, 0.29) is 18.3 Å². The second kappa shape index (κ2) is 14.7. The molecule has 3 aromatic rings. The van der Waals surface area contributed by atoms with Crippen LogP contribution in [0.15, 0.2) is 36.5 Å². The van der Waals surface area contributed by atoms with E-state index in [9.17, 15) is 4.39 Å². The number of aryl methyl sites for hydroxylation is 1. The average molecular weight is 553 g/mol. The molecule has 0 fully saturated rings. The Morgan fingerprint density at radius 3 is 2.08 bits per heavy atom. The summed E-state index contributed by atoms with van der Waals surface area (Å²) in [6, 6.07) is 10.5. The van der Waals surface area contributed by atoms with Crippen molar-refractivity contribution in [2.75, 3.05) is 10.6 Å². The third-order valence-corrected chi connectivity index (χ3v) is 7.02. The van der Waals surface area contributed by atoms with Gasteiger partial charge in [-0.25, -0.2) is 4.39 Å². The number of halogens is 1. The standard InChI is InChI=1S/C25H27FN2S.C4H10O.C2H2.CH2O2/c1-7-20-15(3)25-23(16(4)22(20)18-10-8-14(2)9-11-18)24-21(12-19(26)13-27-24)17(5)28(25)29-6;1-4(2,3)5;1-2;2-1-3/h8-13,17H,7H2,1-6H3;5H,1-3H3;1-2H;1H,(H,2,3)/t17-;;;/m0.../s1. The normalized spacial score (nSPS) is 13.3. The Morgan fingerprint density at radius 2 is 1.62 bits per heavy atom. The molecule has 210 valence electrons. The number of benzene rings is 2. The number of carboxylic acid groups (broad SMARTS) is 1. The first kappa shape index (κ1) is 33.7. The Bertz CT molecular complexity index is 1280. The van der Waals surface area contributed by atoms with Crippen molar-refractivity contribution in [3.8, 4) is 35.2 Å². The van der Waals surface area contributed by atoms with E-state index in [1.54, 1.807) is 38.8 Å². The zero-order chi connectivity index (χ0) is 30.1. The van der Waals surface area contributed by atoms with Crippen molar-refractivity contribution in [1.82, 2.24) is 4.98 Å². The fraction of sp³-hybridized carbons (Fsp3) is 0.375. The molecule has 2 heterocycles. The van der Waals surface area contributed by atoms with Crippen LogP contribution in [-0.2, 0) is 11.2 Å². The summed E-state index contributed by atoms with van der Waals surface area (Å²) in [5, 5.41) is 15.4. The topological polar surface area (TPSA) is 73.7 Å². The van der Waals surface area contributed by atoms with E-state index in [0.29, 0.717) is 0 Å². The van der Waals surface area contributed by atoms with Crippen molar-refractivity contribution in [2.24, 2.45) is 0 Å². The van der Waals surface area contributed by atoms with Gasteiger partial charge in [0.05, 0.1) is 29.2 Å². The lowest BCUT2D eigenvalue weighted by Crippen LogP contribution is -2.26. The van der Waals surface area contributed by atoms with Crippen LogP contribution in [0.1, 0.15) is 68.5 Å². The maximum Gasteiger partial charge on any atom is 0.290 e. The fourth-order valence-corrected chi connectivity index (χ4v) is 5.56. The molecule has 0 unspecified atom stereocenters. The Balaban J connectivity index is 0.000000663. The van der Waals surface area contributed by atoms with Gasteiger partial charge in [0, 0.05) is 17.4 Å². The quantitative estimate of drug-likeness (QED) is 0.195. The van der Waals surface area contributed by atoms with Gasteiger partial charge in [0.25, 0.3) is 6.47 Å². The zero-order valence-corrected chi connectivity index (χ0v) is 25.3. The van der Waals surface area contributed by atoms with E-state index >= 15 is 0 Å². The fourth-order valence-electron chi connectivity index (χ4n) is 4.72. The molecule has 0 radical (unpaired) electrons. The molecule has 2 N–H and O–H groups in total. The molecule has 0 bridgehead atoms. The van der Waals surface area contributed by atoms with Crippen molar-refractivity contribution in [3.05, 3.63) is 70.2 Å². The van der Waals surface area contributed by atoms with Crippen molar-refractivity contribution < 1.29 is 19.4 Å². The minimum absolute atomic E-state index is 0.0590. The molecule has 0 aliphatic carbocycles. The summed E-state index contributed by atoms with van der Waals surface area (Å²) in [6.07, 6.45) is 12.4. The van der Waals surface area contributed by atoms with E-state index in [4.69, 9.17) is 15.0 Å². The highest BCUT2D eigenvalue weighted by Crippen LogP contribution is 2.52. The molecular formula is C32H41FN2O3S. The SMILES string of the molecule is C#C.CC(C)(C)O.CCc1c(C)c2c(c(C)c1-c1ccc(C)cc1)-c1ncc(F)cc1[C@H](C)N2SC.O=CO. The second-order valence-corrected chi connectivity index (χ2v) is 10.9. The van der Waals surface area contributed by atoms with Gasteiger partial charge in [-0.2, -0.15) is 0 Å². The van der Waals surface area contributed by atoms with Gasteiger partial charge in [-0.3, -0.25) is 9.78 Å². The van der Waals surface area contributed by atoms with Crippen molar-refractivity contribution in [3.63, 3.8) is 0 Å². The van der Waals surface area contributed by atoms with E-state index < -0.39 is 5.60 Å². The lowest BCUT2D eigenvalue weighted by Gasteiger charge is -2.39. The van der Waals surface area contributed by atoms with Crippen LogP contribution in [0, 0.1) is 39.4 Å². The number of pyridine rings is 1. The summed E-state index contributed by atoms with van der Waals surface area (Å²) in [5.74, 6) is -0.279. The maximum absolute atomic E-state index is 14.1. The summed E-state index contributed by atoms with van der Waals surface area (Å²) in [5.41, 5.74) is 11.4. The van der Waals surface area contributed by atoms with Crippen LogP contribution in [0.4, 0.5) is 10.1 Å². The lowest BCUT2D eigenvalue weighted by molar-refractivity contribution is -0.122. The molecule has 5 nitrogen and oxygen atoms in total. The molecule has 0 spiro atoms. The van der Waals surface area contributed by atoms with E-state index in [0.717, 1.165) is 23.2 Å². The Labute approximate surface area is 237 Å². The van der Waals surface area contributed by atoms with Gasteiger partial charge in [0.15, 0.2) is 0 Å². The number of hydrogen-bond donors (Lipinski definition) is 2. The predicted molar refractivity (Wildman–Crippen MR) is 164 cm³/mol. The number of carbonyl (C=O) groups is 1. The number of terminal acetylenes is 1. The smallest absolute Gasteiger partial charge is 0.290 e. The van der Waals surface area contributed by atoms with Crippen LogP contribution >= 0.6 is 11.9 Å². The van der Waals surface area contributed by atoms with Crippen molar-refractivity contribution in [2.45, 2.75) is 73.5 Å². The molecular weight excluding hydrogens is 511 g/mol. The van der Waals surface area contributed by atoms with E-state index in [2.05, 4.69) is 87.3 Å². The number of anilines is 1. The minimum Gasteiger partial charge on any atom is -0.483 e. The molecule has 7 heteroatoms. The van der Waals surface area contributed by atoms with Crippen LogP contribution in [0.25, 0.3) is 22.4 Å². The van der Waals surface area contributed by atoms with Gasteiger partial charge in [0.2, 0.25) is 0 Å². The van der Waals surface area contributed by atoms with Crippen molar-refractivity contribution in [1.29, 1.82) is 0 Å². The summed E-state index contributed by atoms with van der Waals surface area (Å²) < 4.78 is 16.4. The van der Waals surface area contributed by atoms with Gasteiger partial charge in [-0.05, 0) is 88.8 Å². The third-order valence-electron chi connectivity index (χ3n) is 6.13. The molecule has 1 aromatic heterocycles. The van der Waals surface area contributed by atoms with Gasteiger partial charge in [0.1, 0.15) is 5.82 Å². The molecule has 1 atom stereocenters. The Morgan fingerprint density at radius 1 is 1.10 bits per heavy atom. The predicted octanol–water partition coefficient (Wildman–Crippen LogP) is 7.93. The van der Waals surface area contributed by atoms with Gasteiger partial charge in [-0.1, -0.05) is 48.7 Å². The van der Waals surface area contributed by atoms with Crippen LogP contribution in [0.5, 0.6) is 0 Å². The first-order valence-corrected chi connectivity index (χ1v) is 13.8. The molecule has 2 aromatic carbocycles. The lowest BCUT2D eigenvalue weighted by atomic mass is 9.81. The largest absolute Gasteiger partial charge is 0.483 e.